The van der Waals surface area contributed by atoms with Crippen LogP contribution in [0.3, 0.4) is 0 Å². The standard InChI is InChI=1S/C45H31NO2/c1-45(2)35-14-6-3-12-32(35)43-36(45)15-9-16-37(43)46(38-17-10-20-42-44(38)33-13-5-8-19-40(33)48-42)30-24-21-28(22-25-30)29-23-26-41-34(27-29)31-11-4-7-18-39(31)47-41/h3-27H,1-2H3. The van der Waals surface area contributed by atoms with E-state index in [-0.39, 0.29) is 5.41 Å². The first kappa shape index (κ1) is 27.1. The lowest BCUT2D eigenvalue weighted by molar-refractivity contribution is 0.660. The van der Waals surface area contributed by atoms with Crippen molar-refractivity contribution in [3.8, 4) is 22.3 Å². The van der Waals surface area contributed by atoms with Gasteiger partial charge in [-0.2, -0.15) is 0 Å². The second kappa shape index (κ2) is 9.97. The lowest BCUT2D eigenvalue weighted by Crippen LogP contribution is -2.16. The van der Waals surface area contributed by atoms with Crippen molar-refractivity contribution < 1.29 is 8.83 Å². The van der Waals surface area contributed by atoms with Crippen LogP contribution < -0.4 is 4.90 Å². The topological polar surface area (TPSA) is 29.5 Å². The molecule has 7 aromatic carbocycles. The Balaban J connectivity index is 1.20. The van der Waals surface area contributed by atoms with E-state index >= 15 is 0 Å². The van der Waals surface area contributed by atoms with Crippen LogP contribution in [0.1, 0.15) is 25.0 Å². The quantitative estimate of drug-likeness (QED) is 0.197. The van der Waals surface area contributed by atoms with Gasteiger partial charge in [-0.15, -0.1) is 0 Å². The molecular weight excluding hydrogens is 587 g/mol. The number of furan rings is 2. The molecule has 0 saturated heterocycles. The molecule has 1 aliphatic rings. The average molecular weight is 618 g/mol. The van der Waals surface area contributed by atoms with Gasteiger partial charge in [-0.25, -0.2) is 0 Å². The first-order chi connectivity index (χ1) is 23.6. The Bertz CT molecular complexity index is 2710. The molecule has 0 bridgehead atoms. The number of fused-ring (bicyclic) bond motifs is 9. The third-order valence-corrected chi connectivity index (χ3v) is 10.3. The molecule has 9 aromatic rings. The molecule has 0 unspecified atom stereocenters. The molecule has 0 N–H and O–H groups in total. The fraction of sp³-hybridized carbons (Fsp3) is 0.0667. The molecule has 48 heavy (non-hydrogen) atoms. The van der Waals surface area contributed by atoms with E-state index in [2.05, 4.69) is 152 Å². The molecule has 1 aliphatic carbocycles. The second-order valence-corrected chi connectivity index (χ2v) is 13.3. The summed E-state index contributed by atoms with van der Waals surface area (Å²) in [5.41, 5.74) is 14.4. The minimum atomic E-state index is -0.109. The molecule has 3 nitrogen and oxygen atoms in total. The molecule has 0 spiro atoms. The monoisotopic (exact) mass is 617 g/mol. The molecule has 0 atom stereocenters. The SMILES string of the molecule is CC1(C)c2ccccc2-c2c(N(c3ccc(-c4ccc5oc6ccccc6c5c4)cc3)c3cccc4oc5ccccc5c34)cccc21. The molecule has 2 aromatic heterocycles. The van der Waals surface area contributed by atoms with Crippen LogP contribution >= 0.6 is 0 Å². The molecule has 10 rings (SSSR count). The van der Waals surface area contributed by atoms with E-state index in [4.69, 9.17) is 8.83 Å². The molecule has 3 heteroatoms. The lowest BCUT2D eigenvalue weighted by atomic mass is 9.82. The van der Waals surface area contributed by atoms with E-state index in [1.807, 2.05) is 18.2 Å². The van der Waals surface area contributed by atoms with Gasteiger partial charge in [-0.3, -0.25) is 0 Å². The fourth-order valence-corrected chi connectivity index (χ4v) is 7.98. The zero-order valence-electron chi connectivity index (χ0n) is 26.7. The van der Waals surface area contributed by atoms with E-state index in [1.165, 1.54) is 22.3 Å². The van der Waals surface area contributed by atoms with Crippen LogP contribution in [0.25, 0.3) is 66.1 Å². The third kappa shape index (κ3) is 3.82. The molecule has 0 amide bonds. The minimum Gasteiger partial charge on any atom is -0.456 e. The molecule has 228 valence electrons. The maximum Gasteiger partial charge on any atom is 0.137 e. The Morgan fingerprint density at radius 2 is 1.06 bits per heavy atom. The van der Waals surface area contributed by atoms with E-state index < -0.39 is 0 Å². The van der Waals surface area contributed by atoms with Crippen LogP contribution in [0, 0.1) is 0 Å². The van der Waals surface area contributed by atoms with Crippen molar-refractivity contribution in [2.45, 2.75) is 19.3 Å². The predicted octanol–water partition coefficient (Wildman–Crippen LogP) is 12.9. The Morgan fingerprint density at radius 3 is 1.92 bits per heavy atom. The highest BCUT2D eigenvalue weighted by Gasteiger charge is 2.38. The van der Waals surface area contributed by atoms with Gasteiger partial charge in [-0.05, 0) is 82.4 Å². The van der Waals surface area contributed by atoms with Crippen LogP contribution in [0.5, 0.6) is 0 Å². The smallest absolute Gasteiger partial charge is 0.137 e. The summed E-state index contributed by atoms with van der Waals surface area (Å²) in [6.45, 7) is 4.68. The molecule has 2 heterocycles. The van der Waals surface area contributed by atoms with Gasteiger partial charge in [0.2, 0.25) is 0 Å². The van der Waals surface area contributed by atoms with Crippen molar-refractivity contribution in [1.29, 1.82) is 0 Å². The van der Waals surface area contributed by atoms with Crippen molar-refractivity contribution in [2.75, 3.05) is 4.90 Å². The Labute approximate surface area is 278 Å². The normalized spacial score (nSPS) is 13.4. The first-order valence-corrected chi connectivity index (χ1v) is 16.5. The van der Waals surface area contributed by atoms with Gasteiger partial charge in [0, 0.05) is 32.8 Å². The van der Waals surface area contributed by atoms with Crippen molar-refractivity contribution in [2.24, 2.45) is 0 Å². The number of hydrogen-bond donors (Lipinski definition) is 0. The molecule has 0 aliphatic heterocycles. The highest BCUT2D eigenvalue weighted by atomic mass is 16.3. The highest BCUT2D eigenvalue weighted by molar-refractivity contribution is 6.14. The average Bonchev–Trinajstić information content (AvgIpc) is 3.77. The summed E-state index contributed by atoms with van der Waals surface area (Å²) in [4.78, 5) is 2.43. The predicted molar refractivity (Wildman–Crippen MR) is 199 cm³/mol. The van der Waals surface area contributed by atoms with Crippen molar-refractivity contribution in [1.82, 2.24) is 0 Å². The molecule has 0 radical (unpaired) electrons. The summed E-state index contributed by atoms with van der Waals surface area (Å²) in [5, 5.41) is 4.49. The van der Waals surface area contributed by atoms with Crippen LogP contribution in [-0.2, 0) is 5.41 Å². The maximum absolute atomic E-state index is 6.40. The number of benzene rings is 7. The molecular formula is C45H31NO2. The first-order valence-electron chi connectivity index (χ1n) is 16.5. The van der Waals surface area contributed by atoms with E-state index in [0.29, 0.717) is 0 Å². The van der Waals surface area contributed by atoms with Gasteiger partial charge < -0.3 is 13.7 Å². The van der Waals surface area contributed by atoms with Crippen LogP contribution in [0.2, 0.25) is 0 Å². The summed E-state index contributed by atoms with van der Waals surface area (Å²) in [5.74, 6) is 0. The number of nitrogens with zero attached hydrogens (tertiary/aromatic N) is 1. The largest absolute Gasteiger partial charge is 0.456 e. The van der Waals surface area contributed by atoms with E-state index in [0.717, 1.165) is 72.1 Å². The highest BCUT2D eigenvalue weighted by Crippen LogP contribution is 2.55. The van der Waals surface area contributed by atoms with Crippen molar-refractivity contribution >= 4 is 60.9 Å². The van der Waals surface area contributed by atoms with Gasteiger partial charge in [0.1, 0.15) is 22.3 Å². The Hall–Kier alpha value is -6.06. The Morgan fingerprint density at radius 1 is 0.458 bits per heavy atom. The number of rotatable bonds is 4. The Kier molecular flexibility index (Phi) is 5.63. The van der Waals surface area contributed by atoms with E-state index in [9.17, 15) is 0 Å². The van der Waals surface area contributed by atoms with Crippen LogP contribution in [0.15, 0.2) is 160 Å². The van der Waals surface area contributed by atoms with Crippen LogP contribution in [0.4, 0.5) is 17.1 Å². The summed E-state index contributed by atoms with van der Waals surface area (Å²) < 4.78 is 12.5. The van der Waals surface area contributed by atoms with Gasteiger partial charge in [0.25, 0.3) is 0 Å². The summed E-state index contributed by atoms with van der Waals surface area (Å²) in [7, 11) is 0. The zero-order chi connectivity index (χ0) is 32.0. The lowest BCUT2D eigenvalue weighted by Gasteiger charge is -2.29. The summed E-state index contributed by atoms with van der Waals surface area (Å²) >= 11 is 0. The van der Waals surface area contributed by atoms with Crippen LogP contribution in [-0.4, -0.2) is 0 Å². The van der Waals surface area contributed by atoms with E-state index in [1.54, 1.807) is 0 Å². The molecule has 0 fully saturated rings. The molecule has 0 saturated carbocycles. The number of anilines is 3. The maximum atomic E-state index is 6.40. The minimum absolute atomic E-state index is 0.109. The van der Waals surface area contributed by atoms with Gasteiger partial charge in [0.05, 0.1) is 16.8 Å². The number of hydrogen-bond acceptors (Lipinski definition) is 3. The fourth-order valence-electron chi connectivity index (χ4n) is 7.98. The zero-order valence-corrected chi connectivity index (χ0v) is 26.7. The van der Waals surface area contributed by atoms with Gasteiger partial charge >= 0.3 is 0 Å². The summed E-state index contributed by atoms with van der Waals surface area (Å²) in [6, 6.07) is 54.1. The number of para-hydroxylation sites is 2. The van der Waals surface area contributed by atoms with Gasteiger partial charge in [-0.1, -0.05) is 111 Å². The van der Waals surface area contributed by atoms with Crippen molar-refractivity contribution in [3.63, 3.8) is 0 Å². The third-order valence-electron chi connectivity index (χ3n) is 10.3. The van der Waals surface area contributed by atoms with Crippen molar-refractivity contribution in [3.05, 3.63) is 163 Å². The summed E-state index contributed by atoms with van der Waals surface area (Å²) in [6.07, 6.45) is 0. The second-order valence-electron chi connectivity index (χ2n) is 13.3. The van der Waals surface area contributed by atoms with Gasteiger partial charge in [0.15, 0.2) is 0 Å².